The number of benzene rings is 7. The molecule has 8 aliphatic rings. The number of hydrogen-bond donors (Lipinski definition) is 2. The SMILES string of the molecule is COc1ccc(N2CCC(C3c4c(F)cccc4-c4cncn43)CC2)cc1.COc1ccc(N2CCC(C3c4c(F)cccc4-c4cncn43)CC2)cc1.COc1ccc(N2CCC(C3c4c(F)cccc4-c4cncn43)CC2)cc1.Fc1cccc2c1C(C1CCCCC1)n1cncc1-2.O=C(O)C(F)(F)F.O=C(O)C(F)(F)F. The molecule has 0 radical (unpaired) electrons. The molecule has 3 saturated heterocycles. The Labute approximate surface area is 651 Å². The van der Waals surface area contributed by atoms with Crippen LogP contribution in [0.1, 0.15) is 117 Å². The van der Waals surface area contributed by atoms with E-state index in [9.17, 15) is 43.9 Å². The molecule has 1 saturated carbocycles. The number of carbonyl (C=O) groups is 2. The maximum absolute atomic E-state index is 14.7. The van der Waals surface area contributed by atoms with Gasteiger partial charge in [0.15, 0.2) is 0 Å². The zero-order valence-electron chi connectivity index (χ0n) is 62.7. The van der Waals surface area contributed by atoms with Crippen LogP contribution in [0.3, 0.4) is 0 Å². The number of methoxy groups -OCH3 is 3. The molecule has 18 nitrogen and oxygen atoms in total. The fraction of sp³-hybridized carbons (Fsp3) is 0.349. The number of nitrogens with zero attached hydrogens (tertiary/aromatic N) is 11. The second-order valence-corrected chi connectivity index (χ2v) is 29.4. The van der Waals surface area contributed by atoms with Crippen molar-refractivity contribution in [1.29, 1.82) is 0 Å². The number of fused-ring (bicyclic) bond motifs is 12. The third-order valence-corrected chi connectivity index (χ3v) is 23.2. The average molecular weight is 1570 g/mol. The fourth-order valence-electron chi connectivity index (χ4n) is 17.8. The average Bonchev–Trinajstić information content (AvgIpc) is 1.61. The first-order valence-corrected chi connectivity index (χ1v) is 38.0. The summed E-state index contributed by atoms with van der Waals surface area (Å²) < 4.78 is 146. The van der Waals surface area contributed by atoms with Gasteiger partial charge in [0, 0.05) is 101 Å². The number of imidazole rings is 4. The van der Waals surface area contributed by atoms with E-state index in [1.54, 1.807) is 69.9 Å². The number of ether oxygens (including phenoxy) is 3. The molecule has 4 aromatic heterocycles. The van der Waals surface area contributed by atoms with Gasteiger partial charge in [0.25, 0.3) is 0 Å². The minimum atomic E-state index is -5.08. The summed E-state index contributed by atoms with van der Waals surface area (Å²) in [7, 11) is 5.05. The van der Waals surface area contributed by atoms with Crippen LogP contribution in [-0.2, 0) is 9.59 Å². The van der Waals surface area contributed by atoms with E-state index >= 15 is 0 Å². The molecular formula is C86H85F10N11O7. The van der Waals surface area contributed by atoms with Crippen molar-refractivity contribution in [3.63, 3.8) is 0 Å². The van der Waals surface area contributed by atoms with Gasteiger partial charge in [-0.3, -0.25) is 0 Å². The van der Waals surface area contributed by atoms with Gasteiger partial charge in [0.05, 0.1) is 118 Å². The van der Waals surface area contributed by atoms with Crippen LogP contribution in [0.25, 0.3) is 45.0 Å². The topological polar surface area (TPSA) is 183 Å². The Hall–Kier alpha value is -11.6. The maximum Gasteiger partial charge on any atom is 0.490 e. The Morgan fingerprint density at radius 2 is 0.561 bits per heavy atom. The van der Waals surface area contributed by atoms with E-state index in [1.165, 1.54) is 49.2 Å². The minimum Gasteiger partial charge on any atom is -0.497 e. The molecule has 7 aromatic carbocycles. The normalized spacial score (nSPS) is 18.6. The van der Waals surface area contributed by atoms with Gasteiger partial charge in [-0.2, -0.15) is 26.3 Å². The van der Waals surface area contributed by atoms with Crippen molar-refractivity contribution >= 4 is 29.0 Å². The highest BCUT2D eigenvalue weighted by molar-refractivity contribution is 5.75. The van der Waals surface area contributed by atoms with Crippen LogP contribution >= 0.6 is 0 Å². The largest absolute Gasteiger partial charge is 0.497 e. The fourth-order valence-corrected chi connectivity index (χ4v) is 17.8. The molecule has 28 heteroatoms. The lowest BCUT2D eigenvalue weighted by molar-refractivity contribution is -0.193. The molecule has 1 aliphatic carbocycles. The molecule has 4 atom stereocenters. The van der Waals surface area contributed by atoms with Crippen LogP contribution < -0.4 is 28.9 Å². The lowest BCUT2D eigenvalue weighted by atomic mass is 9.81. The van der Waals surface area contributed by atoms with E-state index in [4.69, 9.17) is 34.0 Å². The van der Waals surface area contributed by atoms with Crippen molar-refractivity contribution in [2.45, 2.75) is 107 Å². The Bertz CT molecular complexity index is 4730. The highest BCUT2D eigenvalue weighted by atomic mass is 19.4. The van der Waals surface area contributed by atoms with Crippen LogP contribution in [0.4, 0.5) is 61.0 Å². The van der Waals surface area contributed by atoms with Crippen molar-refractivity contribution in [1.82, 2.24) is 38.2 Å². The van der Waals surface area contributed by atoms with E-state index in [-0.39, 0.29) is 47.4 Å². The second-order valence-electron chi connectivity index (χ2n) is 29.4. The van der Waals surface area contributed by atoms with Crippen LogP contribution in [0, 0.1) is 46.9 Å². The number of aromatic nitrogens is 8. The summed E-state index contributed by atoms with van der Waals surface area (Å²) >= 11 is 0. The Morgan fingerprint density at radius 1 is 0.342 bits per heavy atom. The molecule has 4 unspecified atom stereocenters. The highest BCUT2D eigenvalue weighted by Crippen LogP contribution is 2.52. The predicted octanol–water partition coefficient (Wildman–Crippen LogP) is 19.0. The Kier molecular flexibility index (Phi) is 23.6. The van der Waals surface area contributed by atoms with Gasteiger partial charge in [-0.1, -0.05) is 67.8 Å². The van der Waals surface area contributed by atoms with Gasteiger partial charge in [-0.15, -0.1) is 0 Å². The molecule has 19 rings (SSSR count). The summed E-state index contributed by atoms with van der Waals surface area (Å²) in [6.07, 6.45) is 17.1. The number of alkyl halides is 6. The Morgan fingerprint density at radius 3 is 0.772 bits per heavy atom. The first-order valence-electron chi connectivity index (χ1n) is 38.0. The number of hydrogen-bond acceptors (Lipinski definition) is 12. The van der Waals surface area contributed by atoms with Crippen molar-refractivity contribution < 1.29 is 77.9 Å². The van der Waals surface area contributed by atoms with Gasteiger partial charge in [0.1, 0.15) is 40.5 Å². The molecule has 11 heterocycles. The van der Waals surface area contributed by atoms with E-state index in [0.717, 1.165) is 162 Å². The molecule has 0 bridgehead atoms. The number of aliphatic carboxylic acids is 2. The molecule has 4 fully saturated rings. The number of carboxylic acids is 2. The molecule has 0 spiro atoms. The van der Waals surface area contributed by atoms with E-state index in [0.29, 0.717) is 23.7 Å². The van der Waals surface area contributed by atoms with Gasteiger partial charge < -0.3 is 57.4 Å². The van der Waals surface area contributed by atoms with E-state index in [1.807, 2.05) is 111 Å². The number of halogens is 10. The molecular weight excluding hydrogens is 1490 g/mol. The van der Waals surface area contributed by atoms with Crippen LogP contribution in [0.2, 0.25) is 0 Å². The lowest BCUT2D eigenvalue weighted by Gasteiger charge is -2.37. The standard InChI is InChI=1S/3C22H22FN3O.C16H17FN2.2C2HF3O2/c3*1-27-17-7-5-16(6-8-17)25-11-9-15(10-12-25)22-21-18(3-2-4-19(21)23)20-13-24-14-26(20)22;17-13-8-4-7-12-14-9-18-10-19(14)16(15(12)13)11-5-2-1-3-6-11;2*3-2(4,5)1(6)7/h3*2-8,13-15,22H,9-12H2,1H3;4,7-11,16H,1-3,5-6H2;2*(H,6,7). The lowest BCUT2D eigenvalue weighted by Crippen LogP contribution is -2.36. The summed E-state index contributed by atoms with van der Waals surface area (Å²) in [6, 6.07) is 46.6. The first kappa shape index (κ1) is 79.1. The summed E-state index contributed by atoms with van der Waals surface area (Å²) in [4.78, 5) is 42.2. The predicted molar refractivity (Wildman–Crippen MR) is 411 cm³/mol. The summed E-state index contributed by atoms with van der Waals surface area (Å²) in [6.45, 7) is 5.84. The number of carboxylic acid groups (broad SMARTS) is 2. The number of rotatable bonds is 10. The van der Waals surface area contributed by atoms with Crippen LogP contribution in [0.15, 0.2) is 196 Å². The molecule has 7 aliphatic heterocycles. The van der Waals surface area contributed by atoms with Gasteiger partial charge in [-0.25, -0.2) is 47.1 Å². The van der Waals surface area contributed by atoms with Gasteiger partial charge in [0.2, 0.25) is 0 Å². The summed E-state index contributed by atoms with van der Waals surface area (Å²) in [5, 5.41) is 14.2. The number of anilines is 3. The highest BCUT2D eigenvalue weighted by Gasteiger charge is 2.44. The van der Waals surface area contributed by atoms with E-state index in [2.05, 4.69) is 89.3 Å². The smallest absolute Gasteiger partial charge is 0.490 e. The Balaban J connectivity index is 0.000000120. The second kappa shape index (κ2) is 34.0. The molecule has 11 aromatic rings. The molecule has 2 N–H and O–H groups in total. The first-order chi connectivity index (χ1) is 55.0. The van der Waals surface area contributed by atoms with Crippen molar-refractivity contribution in [2.75, 3.05) is 75.3 Å². The monoisotopic (exact) mass is 1570 g/mol. The molecule has 114 heavy (non-hydrogen) atoms. The zero-order valence-corrected chi connectivity index (χ0v) is 62.7. The van der Waals surface area contributed by atoms with Crippen molar-refractivity contribution in [3.05, 3.63) is 241 Å². The van der Waals surface area contributed by atoms with Crippen molar-refractivity contribution in [3.8, 4) is 62.3 Å². The van der Waals surface area contributed by atoms with Gasteiger partial charge in [-0.05, 0) is 172 Å². The minimum absolute atomic E-state index is 0.0525. The summed E-state index contributed by atoms with van der Waals surface area (Å²) in [5.41, 5.74) is 15.3. The molecule has 596 valence electrons. The third kappa shape index (κ3) is 16.3. The third-order valence-electron chi connectivity index (χ3n) is 23.2. The van der Waals surface area contributed by atoms with E-state index < -0.39 is 24.3 Å². The maximum atomic E-state index is 14.7. The zero-order chi connectivity index (χ0) is 80.1. The van der Waals surface area contributed by atoms with Gasteiger partial charge >= 0.3 is 24.3 Å². The van der Waals surface area contributed by atoms with Crippen LogP contribution in [0.5, 0.6) is 17.2 Å². The van der Waals surface area contributed by atoms with Crippen molar-refractivity contribution in [2.24, 2.45) is 23.7 Å². The quantitative estimate of drug-likeness (QED) is 0.123. The molecule has 0 amide bonds. The number of piperidine rings is 3. The summed E-state index contributed by atoms with van der Waals surface area (Å²) in [5.74, 6) is -1.47. The van der Waals surface area contributed by atoms with Crippen LogP contribution in [-0.4, -0.2) is 133 Å².